The number of hydrogen-bond donors (Lipinski definition) is 0. The first kappa shape index (κ1) is 16.2. The number of ketones is 1. The Morgan fingerprint density at radius 2 is 1.96 bits per heavy atom. The van der Waals surface area contributed by atoms with Gasteiger partial charge in [-0.15, -0.1) is 0 Å². The number of ether oxygens (including phenoxy) is 1. The molecule has 0 bridgehead atoms. The molecule has 2 aromatic rings. The predicted molar refractivity (Wildman–Crippen MR) is 90.0 cm³/mol. The molecule has 0 amide bonds. The van der Waals surface area contributed by atoms with E-state index in [1.165, 1.54) is 6.07 Å². The number of aromatic nitrogens is 1. The number of carbonyl (C=O) groups excluding carboxylic acids is 2. The quantitative estimate of drug-likeness (QED) is 0.814. The van der Waals surface area contributed by atoms with Crippen molar-refractivity contribution in [3.8, 4) is 5.69 Å². The van der Waals surface area contributed by atoms with Gasteiger partial charge in [0.25, 0.3) is 5.56 Å². The number of Topliss-reactive ketones (excluding diaryl/α,β-unsaturated/α-hetero) is 1. The molecule has 24 heavy (non-hydrogen) atoms. The maximum Gasteiger partial charge on any atom is 0.339 e. The van der Waals surface area contributed by atoms with Crippen LogP contribution in [0.15, 0.2) is 35.1 Å². The highest BCUT2D eigenvalue weighted by atomic mass is 16.5. The molecule has 0 saturated carbocycles. The molecule has 0 atom stereocenters. The minimum atomic E-state index is -0.613. The van der Waals surface area contributed by atoms with E-state index in [1.807, 2.05) is 31.2 Å². The molecule has 1 aliphatic rings. The van der Waals surface area contributed by atoms with Crippen molar-refractivity contribution in [3.05, 3.63) is 63.1 Å². The first-order chi connectivity index (χ1) is 11.5. The number of esters is 1. The number of fused-ring (bicyclic) bond motifs is 1. The summed E-state index contributed by atoms with van der Waals surface area (Å²) in [6.07, 6.45) is 1.63. The lowest BCUT2D eigenvalue weighted by atomic mass is 9.90. The van der Waals surface area contributed by atoms with Crippen molar-refractivity contribution in [1.82, 2.24) is 4.57 Å². The molecule has 0 unspecified atom stereocenters. The Morgan fingerprint density at radius 1 is 1.21 bits per heavy atom. The molecule has 1 aromatic carbocycles. The van der Waals surface area contributed by atoms with Gasteiger partial charge in [-0.05, 0) is 38.3 Å². The SMILES string of the molecule is CCOC(=O)c1cc(=O)n(-c2ccccc2C)c2c1C(=O)CCC2. The molecule has 0 fully saturated rings. The summed E-state index contributed by atoms with van der Waals surface area (Å²) >= 11 is 0. The lowest BCUT2D eigenvalue weighted by Gasteiger charge is -2.23. The van der Waals surface area contributed by atoms with Crippen LogP contribution in [0.3, 0.4) is 0 Å². The molecule has 5 nitrogen and oxygen atoms in total. The first-order valence-corrected chi connectivity index (χ1v) is 8.09. The average Bonchev–Trinajstić information content (AvgIpc) is 2.55. The van der Waals surface area contributed by atoms with Crippen LogP contribution in [0.4, 0.5) is 0 Å². The van der Waals surface area contributed by atoms with Crippen molar-refractivity contribution in [2.75, 3.05) is 6.61 Å². The van der Waals surface area contributed by atoms with Crippen LogP contribution in [0, 0.1) is 6.92 Å². The van der Waals surface area contributed by atoms with E-state index in [-0.39, 0.29) is 23.5 Å². The van der Waals surface area contributed by atoms with Gasteiger partial charge in [0.1, 0.15) is 0 Å². The number of benzene rings is 1. The zero-order valence-electron chi connectivity index (χ0n) is 13.8. The van der Waals surface area contributed by atoms with Gasteiger partial charge in [-0.25, -0.2) is 4.79 Å². The molecule has 0 radical (unpaired) electrons. The lowest BCUT2D eigenvalue weighted by Crippen LogP contribution is -2.31. The maximum atomic E-state index is 12.7. The van der Waals surface area contributed by atoms with Crippen molar-refractivity contribution in [2.24, 2.45) is 0 Å². The second-order valence-corrected chi connectivity index (χ2v) is 5.84. The molecule has 0 spiro atoms. The number of nitrogens with zero attached hydrogens (tertiary/aromatic N) is 1. The van der Waals surface area contributed by atoms with Crippen LogP contribution in [0.5, 0.6) is 0 Å². The second kappa shape index (κ2) is 6.43. The van der Waals surface area contributed by atoms with E-state index in [0.717, 1.165) is 11.3 Å². The monoisotopic (exact) mass is 325 g/mol. The number of rotatable bonds is 3. The fraction of sp³-hybridized carbons (Fsp3) is 0.316. The van der Waals surface area contributed by atoms with E-state index in [0.29, 0.717) is 30.5 Å². The molecule has 3 rings (SSSR count). The van der Waals surface area contributed by atoms with E-state index in [1.54, 1.807) is 11.5 Å². The van der Waals surface area contributed by atoms with Crippen LogP contribution >= 0.6 is 0 Å². The van der Waals surface area contributed by atoms with Crippen LogP contribution in [0.2, 0.25) is 0 Å². The van der Waals surface area contributed by atoms with Crippen molar-refractivity contribution in [1.29, 1.82) is 0 Å². The summed E-state index contributed by atoms with van der Waals surface area (Å²) < 4.78 is 6.59. The summed E-state index contributed by atoms with van der Waals surface area (Å²) in [5.41, 5.74) is 2.39. The van der Waals surface area contributed by atoms with Crippen LogP contribution < -0.4 is 5.56 Å². The third-order valence-corrected chi connectivity index (χ3v) is 4.26. The van der Waals surface area contributed by atoms with E-state index >= 15 is 0 Å². The van der Waals surface area contributed by atoms with Gasteiger partial charge in [-0.2, -0.15) is 0 Å². The number of carbonyl (C=O) groups is 2. The highest BCUT2D eigenvalue weighted by molar-refractivity contribution is 6.07. The van der Waals surface area contributed by atoms with Gasteiger partial charge in [-0.3, -0.25) is 14.2 Å². The minimum Gasteiger partial charge on any atom is -0.462 e. The number of hydrogen-bond acceptors (Lipinski definition) is 4. The fourth-order valence-corrected chi connectivity index (χ4v) is 3.20. The zero-order valence-corrected chi connectivity index (χ0v) is 13.8. The maximum absolute atomic E-state index is 12.7. The van der Waals surface area contributed by atoms with Crippen LogP contribution in [-0.2, 0) is 11.2 Å². The Morgan fingerprint density at radius 3 is 2.67 bits per heavy atom. The minimum absolute atomic E-state index is 0.0892. The topological polar surface area (TPSA) is 65.4 Å². The summed E-state index contributed by atoms with van der Waals surface area (Å²) in [4.78, 5) is 37.4. The highest BCUT2D eigenvalue weighted by Gasteiger charge is 2.29. The Balaban J connectivity index is 2.32. The Hall–Kier alpha value is -2.69. The summed E-state index contributed by atoms with van der Waals surface area (Å²) in [6, 6.07) is 8.74. The standard InChI is InChI=1S/C19H19NO4/c1-3-24-19(23)13-11-17(22)20(14-8-5-4-7-12(14)2)15-9-6-10-16(21)18(13)15/h4-5,7-8,11H,3,6,9-10H2,1-2H3. The highest BCUT2D eigenvalue weighted by Crippen LogP contribution is 2.26. The van der Waals surface area contributed by atoms with Crippen molar-refractivity contribution < 1.29 is 14.3 Å². The van der Waals surface area contributed by atoms with Gasteiger partial charge in [0.2, 0.25) is 0 Å². The third kappa shape index (κ3) is 2.66. The summed E-state index contributed by atoms with van der Waals surface area (Å²) in [7, 11) is 0. The molecule has 0 N–H and O–H groups in total. The number of para-hydroxylation sites is 1. The van der Waals surface area contributed by atoms with E-state index in [2.05, 4.69) is 0 Å². The molecule has 0 saturated heterocycles. The van der Waals surface area contributed by atoms with Gasteiger partial charge in [0.15, 0.2) is 5.78 Å². The zero-order chi connectivity index (χ0) is 17.3. The van der Waals surface area contributed by atoms with Gasteiger partial charge < -0.3 is 4.74 Å². The van der Waals surface area contributed by atoms with Gasteiger partial charge >= 0.3 is 5.97 Å². The van der Waals surface area contributed by atoms with Crippen LogP contribution in [0.25, 0.3) is 5.69 Å². The van der Waals surface area contributed by atoms with Gasteiger partial charge in [-0.1, -0.05) is 18.2 Å². The first-order valence-electron chi connectivity index (χ1n) is 8.09. The molecule has 5 heteroatoms. The molecule has 1 aliphatic carbocycles. The third-order valence-electron chi connectivity index (χ3n) is 4.26. The smallest absolute Gasteiger partial charge is 0.339 e. The fourth-order valence-electron chi connectivity index (χ4n) is 3.20. The largest absolute Gasteiger partial charge is 0.462 e. The average molecular weight is 325 g/mol. The van der Waals surface area contributed by atoms with Crippen molar-refractivity contribution in [2.45, 2.75) is 33.1 Å². The summed E-state index contributed by atoms with van der Waals surface area (Å²) in [5.74, 6) is -0.723. The second-order valence-electron chi connectivity index (χ2n) is 5.84. The van der Waals surface area contributed by atoms with E-state index in [9.17, 15) is 14.4 Å². The Labute approximate surface area is 139 Å². The van der Waals surface area contributed by atoms with Crippen molar-refractivity contribution >= 4 is 11.8 Å². The molecule has 1 heterocycles. The molecule has 124 valence electrons. The molecule has 0 aliphatic heterocycles. The van der Waals surface area contributed by atoms with Crippen molar-refractivity contribution in [3.63, 3.8) is 0 Å². The van der Waals surface area contributed by atoms with E-state index in [4.69, 9.17) is 4.74 Å². The number of pyridine rings is 1. The predicted octanol–water partition coefficient (Wildman–Crippen LogP) is 2.84. The Bertz CT molecular complexity index is 879. The summed E-state index contributed by atoms with van der Waals surface area (Å²) in [5, 5.41) is 0. The van der Waals surface area contributed by atoms with Gasteiger partial charge in [0.05, 0.1) is 23.4 Å². The van der Waals surface area contributed by atoms with E-state index < -0.39 is 5.97 Å². The molecule has 1 aromatic heterocycles. The molecular formula is C19H19NO4. The lowest BCUT2D eigenvalue weighted by molar-refractivity contribution is 0.0522. The Kier molecular flexibility index (Phi) is 4.34. The number of aryl methyl sites for hydroxylation is 1. The summed E-state index contributed by atoms with van der Waals surface area (Å²) in [6.45, 7) is 3.81. The molecular weight excluding hydrogens is 306 g/mol. The van der Waals surface area contributed by atoms with Crippen LogP contribution in [-0.4, -0.2) is 22.9 Å². The van der Waals surface area contributed by atoms with Crippen LogP contribution in [0.1, 0.15) is 51.7 Å². The van der Waals surface area contributed by atoms with Gasteiger partial charge in [0, 0.05) is 18.2 Å². The normalized spacial score (nSPS) is 13.5.